The maximum Gasteiger partial charge on any atom is 0.336 e. The van der Waals surface area contributed by atoms with Crippen LogP contribution in [0.4, 0.5) is 0 Å². The van der Waals surface area contributed by atoms with Gasteiger partial charge >= 0.3 is 5.63 Å². The van der Waals surface area contributed by atoms with E-state index in [9.17, 15) is 9.59 Å². The Balaban J connectivity index is 1.29. The smallest absolute Gasteiger partial charge is 0.336 e. The molecule has 0 radical (unpaired) electrons. The largest absolute Gasteiger partial charge is 0.481 e. The molecule has 1 N–H and O–H groups in total. The Bertz CT molecular complexity index is 911. The van der Waals surface area contributed by atoms with Crippen LogP contribution in [0.5, 0.6) is 5.75 Å². The van der Waals surface area contributed by atoms with Gasteiger partial charge in [-0.1, -0.05) is 0 Å². The van der Waals surface area contributed by atoms with Gasteiger partial charge in [-0.15, -0.1) is 0 Å². The van der Waals surface area contributed by atoms with Crippen LogP contribution in [0.25, 0.3) is 11.0 Å². The lowest BCUT2D eigenvalue weighted by Gasteiger charge is -2.57. The van der Waals surface area contributed by atoms with Crippen LogP contribution in [-0.4, -0.2) is 17.6 Å². The minimum Gasteiger partial charge on any atom is -0.481 e. The molecule has 1 aromatic carbocycles. The van der Waals surface area contributed by atoms with Crippen LogP contribution >= 0.6 is 0 Å². The SMILES string of the molecule is C[C@@H](Oc1ccc2ccc(=O)oc2c1)C(=O)NC12CC3CC(CC(C3)C1)C2. The lowest BCUT2D eigenvalue weighted by atomic mass is 9.53. The number of benzene rings is 1. The third-order valence-corrected chi connectivity index (χ3v) is 6.70. The Labute approximate surface area is 158 Å². The molecular weight excluding hydrogens is 342 g/mol. The zero-order valence-corrected chi connectivity index (χ0v) is 15.6. The molecule has 4 aliphatic carbocycles. The van der Waals surface area contributed by atoms with Gasteiger partial charge in [0.05, 0.1) is 0 Å². The van der Waals surface area contributed by atoms with Crippen molar-refractivity contribution in [3.8, 4) is 5.75 Å². The number of nitrogens with one attached hydrogen (secondary N) is 1. The van der Waals surface area contributed by atoms with Crippen molar-refractivity contribution in [3.63, 3.8) is 0 Å². The third kappa shape index (κ3) is 3.13. The monoisotopic (exact) mass is 367 g/mol. The molecule has 1 atom stereocenters. The average molecular weight is 367 g/mol. The molecule has 6 rings (SSSR count). The number of fused-ring (bicyclic) bond motifs is 1. The standard InChI is InChI=1S/C22H25NO4/c1-13(26-18-4-2-17-3-5-20(24)27-19(17)9-18)21(25)23-22-10-14-6-15(11-22)8-16(7-14)12-22/h2-5,9,13-16H,6-8,10-12H2,1H3,(H,23,25)/t13-,14?,15?,16?,22?/m1/s1. The molecule has 1 amide bonds. The summed E-state index contributed by atoms with van der Waals surface area (Å²) in [7, 11) is 0. The summed E-state index contributed by atoms with van der Waals surface area (Å²) in [5.41, 5.74) is 0.0561. The van der Waals surface area contributed by atoms with Gasteiger partial charge in [0.1, 0.15) is 11.3 Å². The summed E-state index contributed by atoms with van der Waals surface area (Å²) < 4.78 is 11.1. The van der Waals surface area contributed by atoms with E-state index in [-0.39, 0.29) is 11.4 Å². The highest BCUT2D eigenvalue weighted by atomic mass is 16.5. The van der Waals surface area contributed by atoms with Gasteiger partial charge in [0.15, 0.2) is 6.10 Å². The second-order valence-electron chi connectivity index (χ2n) is 8.90. The molecule has 1 heterocycles. The first-order chi connectivity index (χ1) is 13.0. The predicted molar refractivity (Wildman–Crippen MR) is 102 cm³/mol. The topological polar surface area (TPSA) is 68.5 Å². The van der Waals surface area contributed by atoms with Crippen LogP contribution < -0.4 is 15.7 Å². The number of carbonyl (C=O) groups excluding carboxylic acids is 1. The number of carbonyl (C=O) groups is 1. The van der Waals surface area contributed by atoms with Crippen molar-refractivity contribution in [2.24, 2.45) is 17.8 Å². The van der Waals surface area contributed by atoms with E-state index in [0.29, 0.717) is 11.3 Å². The second kappa shape index (κ2) is 6.11. The van der Waals surface area contributed by atoms with Gasteiger partial charge in [0, 0.05) is 23.1 Å². The van der Waals surface area contributed by atoms with Crippen molar-refractivity contribution >= 4 is 16.9 Å². The molecule has 0 spiro atoms. The van der Waals surface area contributed by atoms with Gasteiger partial charge in [0.2, 0.25) is 0 Å². The summed E-state index contributed by atoms with van der Waals surface area (Å²) in [5, 5.41) is 4.18. The highest BCUT2D eigenvalue weighted by Crippen LogP contribution is 2.55. The molecule has 0 aliphatic heterocycles. The molecule has 2 aromatic rings. The van der Waals surface area contributed by atoms with Crippen molar-refractivity contribution in [1.82, 2.24) is 5.32 Å². The number of rotatable bonds is 4. The minimum absolute atomic E-state index is 0.0143. The van der Waals surface area contributed by atoms with Crippen LogP contribution in [0.1, 0.15) is 45.4 Å². The van der Waals surface area contributed by atoms with Crippen molar-refractivity contribution in [1.29, 1.82) is 0 Å². The lowest BCUT2D eigenvalue weighted by Crippen LogP contribution is -2.61. The van der Waals surface area contributed by atoms with E-state index >= 15 is 0 Å². The quantitative estimate of drug-likeness (QED) is 0.838. The van der Waals surface area contributed by atoms with Gasteiger partial charge in [-0.3, -0.25) is 4.79 Å². The van der Waals surface area contributed by atoms with Gasteiger partial charge in [0.25, 0.3) is 5.91 Å². The van der Waals surface area contributed by atoms with Gasteiger partial charge < -0.3 is 14.5 Å². The first-order valence-electron chi connectivity index (χ1n) is 10.0. The van der Waals surface area contributed by atoms with E-state index in [1.54, 1.807) is 25.1 Å². The van der Waals surface area contributed by atoms with Crippen LogP contribution in [0.3, 0.4) is 0 Å². The zero-order valence-electron chi connectivity index (χ0n) is 15.6. The molecule has 4 saturated carbocycles. The molecule has 1 aromatic heterocycles. The number of hydrogen-bond donors (Lipinski definition) is 1. The predicted octanol–water partition coefficient (Wildman–Crippen LogP) is 3.65. The van der Waals surface area contributed by atoms with Gasteiger partial charge in [-0.05, 0) is 81.4 Å². The first kappa shape index (κ1) is 16.8. The molecule has 5 heteroatoms. The fourth-order valence-electron chi connectivity index (χ4n) is 6.00. The Kier molecular flexibility index (Phi) is 3.81. The van der Waals surface area contributed by atoms with Crippen LogP contribution in [0, 0.1) is 17.8 Å². The highest BCUT2D eigenvalue weighted by molar-refractivity contribution is 5.82. The van der Waals surface area contributed by atoms with E-state index in [2.05, 4.69) is 5.32 Å². The van der Waals surface area contributed by atoms with E-state index in [0.717, 1.165) is 42.4 Å². The minimum atomic E-state index is -0.592. The van der Waals surface area contributed by atoms with Crippen molar-refractivity contribution in [2.45, 2.75) is 57.1 Å². The van der Waals surface area contributed by atoms with Crippen molar-refractivity contribution in [3.05, 3.63) is 40.8 Å². The molecule has 4 fully saturated rings. The Hall–Kier alpha value is -2.30. The van der Waals surface area contributed by atoms with Crippen LogP contribution in [0.15, 0.2) is 39.5 Å². The van der Waals surface area contributed by atoms with Crippen LogP contribution in [0.2, 0.25) is 0 Å². The maximum atomic E-state index is 12.8. The second-order valence-corrected chi connectivity index (χ2v) is 8.90. The highest BCUT2D eigenvalue weighted by Gasteiger charge is 2.51. The summed E-state index contributed by atoms with van der Waals surface area (Å²) in [6, 6.07) is 8.41. The maximum absolute atomic E-state index is 12.8. The number of amides is 1. The average Bonchev–Trinajstić information content (AvgIpc) is 2.59. The number of hydrogen-bond acceptors (Lipinski definition) is 4. The lowest BCUT2D eigenvalue weighted by molar-refractivity contribution is -0.133. The van der Waals surface area contributed by atoms with E-state index in [1.807, 2.05) is 6.07 Å². The zero-order chi connectivity index (χ0) is 18.6. The fourth-order valence-corrected chi connectivity index (χ4v) is 6.00. The Morgan fingerprint density at radius 2 is 1.74 bits per heavy atom. The summed E-state index contributed by atoms with van der Waals surface area (Å²) in [6.07, 6.45) is 6.83. The fraction of sp³-hybridized carbons (Fsp3) is 0.545. The summed E-state index contributed by atoms with van der Waals surface area (Å²) in [5.74, 6) is 2.85. The summed E-state index contributed by atoms with van der Waals surface area (Å²) >= 11 is 0. The molecule has 142 valence electrons. The summed E-state index contributed by atoms with van der Waals surface area (Å²) in [4.78, 5) is 24.2. The van der Waals surface area contributed by atoms with Crippen molar-refractivity contribution < 1.29 is 13.9 Å². The van der Waals surface area contributed by atoms with Gasteiger partial charge in [-0.2, -0.15) is 0 Å². The Morgan fingerprint density at radius 3 is 2.41 bits per heavy atom. The normalized spacial score (nSPS) is 32.4. The first-order valence-corrected chi connectivity index (χ1v) is 10.0. The Morgan fingerprint density at radius 1 is 1.11 bits per heavy atom. The molecule has 4 bridgehead atoms. The molecular formula is C22H25NO4. The molecule has 4 aliphatic rings. The van der Waals surface area contributed by atoms with E-state index < -0.39 is 11.7 Å². The molecule has 0 unspecified atom stereocenters. The third-order valence-electron chi connectivity index (χ3n) is 6.70. The molecule has 5 nitrogen and oxygen atoms in total. The van der Waals surface area contributed by atoms with E-state index in [1.165, 1.54) is 25.3 Å². The van der Waals surface area contributed by atoms with E-state index in [4.69, 9.17) is 9.15 Å². The van der Waals surface area contributed by atoms with Gasteiger partial charge in [-0.25, -0.2) is 4.79 Å². The van der Waals surface area contributed by atoms with Crippen LogP contribution in [-0.2, 0) is 4.79 Å². The number of ether oxygens (including phenoxy) is 1. The molecule has 0 saturated heterocycles. The van der Waals surface area contributed by atoms with Crippen molar-refractivity contribution in [2.75, 3.05) is 0 Å². The summed E-state index contributed by atoms with van der Waals surface area (Å²) in [6.45, 7) is 1.78. The molecule has 27 heavy (non-hydrogen) atoms.